The Hall–Kier alpha value is -1.75. The van der Waals surface area contributed by atoms with E-state index in [0.29, 0.717) is 19.4 Å². The van der Waals surface area contributed by atoms with E-state index in [1.807, 2.05) is 4.98 Å². The lowest BCUT2D eigenvalue weighted by atomic mass is 10.3. The molecule has 9 nitrogen and oxygen atoms in total. The van der Waals surface area contributed by atoms with Crippen LogP contribution in [0.5, 0.6) is 0 Å². The molecular formula is C11H16ClN5O4S. The number of nitrogens with two attached hydrogens (primary N) is 1. The average molecular weight is 350 g/mol. The molecule has 0 spiro atoms. The number of unbranched alkanes of at least 4 members (excludes halogenated alkanes) is 1. The van der Waals surface area contributed by atoms with E-state index in [4.69, 9.17) is 5.73 Å². The zero-order valence-corrected chi connectivity index (χ0v) is 13.1. The van der Waals surface area contributed by atoms with Crippen molar-refractivity contribution in [3.05, 3.63) is 33.1 Å². The van der Waals surface area contributed by atoms with Gasteiger partial charge in [0, 0.05) is 12.7 Å². The van der Waals surface area contributed by atoms with Gasteiger partial charge in [0.25, 0.3) is 5.56 Å². The van der Waals surface area contributed by atoms with Gasteiger partial charge in [0.2, 0.25) is 10.0 Å². The molecule has 122 valence electrons. The van der Waals surface area contributed by atoms with Crippen LogP contribution in [0.1, 0.15) is 12.8 Å². The Morgan fingerprint density at radius 3 is 2.64 bits per heavy atom. The van der Waals surface area contributed by atoms with Crippen LogP contribution in [0.15, 0.2) is 26.7 Å². The highest BCUT2D eigenvalue weighted by molar-refractivity contribution is 7.89. The lowest BCUT2D eigenvalue weighted by Gasteiger charge is -2.06. The summed E-state index contributed by atoms with van der Waals surface area (Å²) >= 11 is 0. The maximum absolute atomic E-state index is 12.1. The standard InChI is InChI=1S/C11H15N5O4S.ClH/c12-3-1-2-4-14-21(19,20)7-5-8-9(13-6-7)15-11(18)16-10(8)17;/h5-6,14H,1-4,12H2,(H2,13,15,16,17,18);1H. The molecular weight excluding hydrogens is 334 g/mol. The number of aromatic amines is 2. The van der Waals surface area contributed by atoms with Gasteiger partial charge in [-0.15, -0.1) is 12.4 Å². The predicted molar refractivity (Wildman–Crippen MR) is 83.7 cm³/mol. The Morgan fingerprint density at radius 2 is 1.95 bits per heavy atom. The van der Waals surface area contributed by atoms with Crippen molar-refractivity contribution in [2.75, 3.05) is 13.1 Å². The minimum absolute atomic E-state index is 0. The monoisotopic (exact) mass is 349 g/mol. The summed E-state index contributed by atoms with van der Waals surface area (Å²) in [5, 5.41) is -0.000525. The number of hydrogen-bond donors (Lipinski definition) is 4. The summed E-state index contributed by atoms with van der Waals surface area (Å²) in [6.07, 6.45) is 2.41. The van der Waals surface area contributed by atoms with Crippen molar-refractivity contribution in [2.24, 2.45) is 5.73 Å². The summed E-state index contributed by atoms with van der Waals surface area (Å²) in [7, 11) is -3.76. The SMILES string of the molecule is Cl.NCCCCNS(=O)(=O)c1cnc2[nH]c(=O)[nH]c(=O)c2c1. The van der Waals surface area contributed by atoms with E-state index in [1.54, 1.807) is 0 Å². The molecule has 0 atom stereocenters. The van der Waals surface area contributed by atoms with Gasteiger partial charge >= 0.3 is 5.69 Å². The first kappa shape index (κ1) is 18.3. The lowest BCUT2D eigenvalue weighted by molar-refractivity contribution is 0.577. The smallest absolute Gasteiger partial charge is 0.327 e. The maximum Gasteiger partial charge on any atom is 0.327 e. The number of rotatable bonds is 6. The number of fused-ring (bicyclic) bond motifs is 1. The van der Waals surface area contributed by atoms with Crippen LogP contribution in [-0.4, -0.2) is 36.5 Å². The Bertz CT molecular complexity index is 861. The molecule has 0 fully saturated rings. The fourth-order valence-electron chi connectivity index (χ4n) is 1.73. The molecule has 5 N–H and O–H groups in total. The molecule has 2 aromatic rings. The molecule has 0 saturated carbocycles. The minimum atomic E-state index is -3.76. The average Bonchev–Trinajstić information content (AvgIpc) is 2.43. The second kappa shape index (κ2) is 7.49. The van der Waals surface area contributed by atoms with Crippen molar-refractivity contribution in [3.8, 4) is 0 Å². The van der Waals surface area contributed by atoms with Crippen molar-refractivity contribution < 1.29 is 8.42 Å². The van der Waals surface area contributed by atoms with E-state index in [-0.39, 0.29) is 34.9 Å². The minimum Gasteiger partial charge on any atom is -0.330 e. The van der Waals surface area contributed by atoms with Crippen LogP contribution in [0.4, 0.5) is 0 Å². The molecule has 0 bridgehead atoms. The first-order valence-electron chi connectivity index (χ1n) is 6.26. The number of pyridine rings is 1. The van der Waals surface area contributed by atoms with Crippen molar-refractivity contribution in [2.45, 2.75) is 17.7 Å². The number of hydrogen-bond acceptors (Lipinski definition) is 6. The fraction of sp³-hybridized carbons (Fsp3) is 0.364. The molecule has 22 heavy (non-hydrogen) atoms. The van der Waals surface area contributed by atoms with Crippen molar-refractivity contribution in [1.29, 1.82) is 0 Å². The first-order chi connectivity index (χ1) is 9.94. The molecule has 0 saturated heterocycles. The molecule has 0 aliphatic carbocycles. The number of nitrogens with zero attached hydrogens (tertiary/aromatic N) is 1. The van der Waals surface area contributed by atoms with Gasteiger partial charge < -0.3 is 5.73 Å². The van der Waals surface area contributed by atoms with Crippen LogP contribution < -0.4 is 21.7 Å². The number of aromatic nitrogens is 3. The van der Waals surface area contributed by atoms with Crippen molar-refractivity contribution in [3.63, 3.8) is 0 Å². The van der Waals surface area contributed by atoms with Gasteiger partial charge in [0.1, 0.15) is 10.5 Å². The van der Waals surface area contributed by atoms with Gasteiger partial charge in [-0.3, -0.25) is 14.8 Å². The van der Waals surface area contributed by atoms with E-state index >= 15 is 0 Å². The second-order valence-electron chi connectivity index (χ2n) is 4.37. The zero-order valence-electron chi connectivity index (χ0n) is 11.5. The van der Waals surface area contributed by atoms with E-state index < -0.39 is 21.3 Å². The van der Waals surface area contributed by atoms with E-state index in [9.17, 15) is 18.0 Å². The summed E-state index contributed by atoms with van der Waals surface area (Å²) < 4.78 is 26.5. The Labute approximate surface area is 131 Å². The van der Waals surface area contributed by atoms with Crippen LogP contribution in [0.25, 0.3) is 11.0 Å². The highest BCUT2D eigenvalue weighted by Crippen LogP contribution is 2.11. The van der Waals surface area contributed by atoms with Gasteiger partial charge in [0.15, 0.2) is 0 Å². The largest absolute Gasteiger partial charge is 0.330 e. The summed E-state index contributed by atoms with van der Waals surface area (Å²) in [4.78, 5) is 30.7. The van der Waals surface area contributed by atoms with Crippen LogP contribution in [-0.2, 0) is 10.0 Å². The van der Waals surface area contributed by atoms with Crippen LogP contribution in [0.3, 0.4) is 0 Å². The highest BCUT2D eigenvalue weighted by atomic mass is 35.5. The van der Waals surface area contributed by atoms with Gasteiger partial charge in [0.05, 0.1) is 5.39 Å². The summed E-state index contributed by atoms with van der Waals surface area (Å²) in [5.41, 5.74) is 3.97. The normalized spacial score (nSPS) is 11.3. The van der Waals surface area contributed by atoms with Crippen molar-refractivity contribution in [1.82, 2.24) is 19.7 Å². The van der Waals surface area contributed by atoms with Gasteiger partial charge in [-0.25, -0.2) is 22.9 Å². The topological polar surface area (TPSA) is 151 Å². The summed E-state index contributed by atoms with van der Waals surface area (Å²) in [5.74, 6) is 0. The van der Waals surface area contributed by atoms with Crippen molar-refractivity contribution >= 4 is 33.5 Å². The second-order valence-corrected chi connectivity index (χ2v) is 6.14. The number of halogens is 1. The number of H-pyrrole nitrogens is 2. The lowest BCUT2D eigenvalue weighted by Crippen LogP contribution is -2.26. The molecule has 0 aliphatic heterocycles. The van der Waals surface area contributed by atoms with Gasteiger partial charge in [-0.05, 0) is 25.5 Å². The molecule has 11 heteroatoms. The molecule has 0 unspecified atom stereocenters. The molecule has 2 rings (SSSR count). The van der Waals surface area contributed by atoms with Crippen LogP contribution in [0.2, 0.25) is 0 Å². The maximum atomic E-state index is 12.1. The number of nitrogens with one attached hydrogen (secondary N) is 3. The van der Waals surface area contributed by atoms with E-state index in [0.717, 1.165) is 6.20 Å². The Morgan fingerprint density at radius 1 is 1.23 bits per heavy atom. The number of sulfonamides is 1. The van der Waals surface area contributed by atoms with Gasteiger partial charge in [-0.1, -0.05) is 0 Å². The molecule has 2 aromatic heterocycles. The molecule has 0 aliphatic rings. The summed E-state index contributed by atoms with van der Waals surface area (Å²) in [6.45, 7) is 0.738. The molecule has 0 aromatic carbocycles. The molecule has 2 heterocycles. The van der Waals surface area contributed by atoms with Crippen LogP contribution >= 0.6 is 12.4 Å². The quantitative estimate of drug-likeness (QED) is 0.493. The predicted octanol–water partition coefficient (Wildman–Crippen LogP) is -0.950. The third-order valence-electron chi connectivity index (χ3n) is 2.80. The highest BCUT2D eigenvalue weighted by Gasteiger charge is 2.15. The zero-order chi connectivity index (χ0) is 15.5. The molecule has 0 radical (unpaired) electrons. The van der Waals surface area contributed by atoms with Crippen LogP contribution in [0, 0.1) is 0 Å². The fourth-order valence-corrected chi connectivity index (χ4v) is 2.78. The summed E-state index contributed by atoms with van der Waals surface area (Å²) in [6, 6.07) is 1.17. The van der Waals surface area contributed by atoms with E-state index in [2.05, 4.69) is 14.7 Å². The Kier molecular flexibility index (Phi) is 6.23. The third kappa shape index (κ3) is 4.13. The molecule has 0 amide bonds. The van der Waals surface area contributed by atoms with E-state index in [1.165, 1.54) is 6.07 Å². The third-order valence-corrected chi connectivity index (χ3v) is 4.23. The van der Waals surface area contributed by atoms with Gasteiger partial charge in [-0.2, -0.15) is 0 Å². The first-order valence-corrected chi connectivity index (χ1v) is 7.74. The Balaban J connectivity index is 0.00000242.